The van der Waals surface area contributed by atoms with Crippen LogP contribution < -0.4 is 16.2 Å². The molecule has 0 aliphatic carbocycles. The van der Waals surface area contributed by atoms with Crippen molar-refractivity contribution in [3.8, 4) is 0 Å². The van der Waals surface area contributed by atoms with Crippen molar-refractivity contribution in [3.63, 3.8) is 0 Å². The molecule has 0 atom stereocenters. The number of rotatable bonds is 8. The standard InChI is InChI=1S/C28H21F2N7O2/c29-22-8-6-19(13-23(22)30)16-37-17-31-15-21(27(37)39)26(38)33-11-3-4-18-7-9-24-20(12-18)14-34-28(35-24)36-25-5-1-2-10-32-25/h1-10,12-15,17H,11,16H2,(H,33,38)(H,32,34,35,36). The van der Waals surface area contributed by atoms with Crippen LogP contribution in [0.4, 0.5) is 20.5 Å². The topological polar surface area (TPSA) is 115 Å². The fourth-order valence-electron chi connectivity index (χ4n) is 3.76. The molecule has 0 saturated carbocycles. The van der Waals surface area contributed by atoms with Crippen LogP contribution in [0.2, 0.25) is 0 Å². The minimum absolute atomic E-state index is 0.0591. The Morgan fingerprint density at radius 1 is 1.00 bits per heavy atom. The van der Waals surface area contributed by atoms with Crippen LogP contribution in [-0.2, 0) is 6.54 Å². The Balaban J connectivity index is 1.20. The van der Waals surface area contributed by atoms with Crippen LogP contribution in [0, 0.1) is 11.6 Å². The molecule has 0 saturated heterocycles. The van der Waals surface area contributed by atoms with Gasteiger partial charge in [0.2, 0.25) is 5.95 Å². The lowest BCUT2D eigenvalue weighted by molar-refractivity contribution is 0.0955. The van der Waals surface area contributed by atoms with E-state index in [0.29, 0.717) is 17.3 Å². The highest BCUT2D eigenvalue weighted by atomic mass is 19.2. The lowest BCUT2D eigenvalue weighted by Gasteiger charge is -2.08. The van der Waals surface area contributed by atoms with E-state index in [1.165, 1.54) is 18.6 Å². The molecule has 39 heavy (non-hydrogen) atoms. The van der Waals surface area contributed by atoms with Gasteiger partial charge in [-0.2, -0.15) is 0 Å². The molecule has 2 N–H and O–H groups in total. The van der Waals surface area contributed by atoms with Crippen molar-refractivity contribution in [2.75, 3.05) is 11.9 Å². The number of aromatic nitrogens is 5. The predicted octanol–water partition coefficient (Wildman–Crippen LogP) is 4.09. The fourth-order valence-corrected chi connectivity index (χ4v) is 3.76. The lowest BCUT2D eigenvalue weighted by Crippen LogP contribution is -2.33. The van der Waals surface area contributed by atoms with Crippen molar-refractivity contribution in [2.45, 2.75) is 6.54 Å². The van der Waals surface area contributed by atoms with Crippen molar-refractivity contribution >= 4 is 34.7 Å². The van der Waals surface area contributed by atoms with Crippen molar-refractivity contribution in [2.24, 2.45) is 0 Å². The van der Waals surface area contributed by atoms with Gasteiger partial charge in [0.05, 0.1) is 18.4 Å². The van der Waals surface area contributed by atoms with Crippen LogP contribution in [0.25, 0.3) is 17.0 Å². The number of benzene rings is 2. The van der Waals surface area contributed by atoms with Crippen LogP contribution in [0.5, 0.6) is 0 Å². The van der Waals surface area contributed by atoms with Crippen molar-refractivity contribution in [3.05, 3.63) is 124 Å². The van der Waals surface area contributed by atoms with Gasteiger partial charge in [-0.1, -0.05) is 30.4 Å². The summed E-state index contributed by atoms with van der Waals surface area (Å²) in [5.74, 6) is -1.52. The Bertz CT molecular complexity index is 1740. The van der Waals surface area contributed by atoms with Gasteiger partial charge in [-0.3, -0.25) is 14.2 Å². The summed E-state index contributed by atoms with van der Waals surface area (Å²) in [5.41, 5.74) is 1.24. The Morgan fingerprint density at radius 2 is 1.90 bits per heavy atom. The van der Waals surface area contributed by atoms with Crippen molar-refractivity contribution < 1.29 is 13.6 Å². The number of nitrogens with one attached hydrogen (secondary N) is 2. The van der Waals surface area contributed by atoms with Gasteiger partial charge >= 0.3 is 0 Å². The summed E-state index contributed by atoms with van der Waals surface area (Å²) in [7, 11) is 0. The molecule has 0 bridgehead atoms. The number of halogens is 2. The number of amides is 1. The molecule has 3 heterocycles. The van der Waals surface area contributed by atoms with Crippen LogP contribution in [-0.4, -0.2) is 37.0 Å². The van der Waals surface area contributed by atoms with Gasteiger partial charge in [-0.15, -0.1) is 0 Å². The summed E-state index contributed by atoms with van der Waals surface area (Å²) >= 11 is 0. The third-order valence-corrected chi connectivity index (χ3v) is 5.68. The monoisotopic (exact) mass is 525 g/mol. The summed E-state index contributed by atoms with van der Waals surface area (Å²) in [6, 6.07) is 14.5. The van der Waals surface area contributed by atoms with E-state index in [1.54, 1.807) is 18.5 Å². The first-order valence-corrected chi connectivity index (χ1v) is 11.8. The second kappa shape index (κ2) is 11.4. The fraction of sp³-hybridized carbons (Fsp3) is 0.0714. The zero-order chi connectivity index (χ0) is 27.2. The average Bonchev–Trinajstić information content (AvgIpc) is 2.94. The molecule has 2 aromatic carbocycles. The molecule has 194 valence electrons. The molecule has 0 fully saturated rings. The van der Waals surface area contributed by atoms with Gasteiger partial charge in [0.1, 0.15) is 11.4 Å². The number of pyridine rings is 1. The zero-order valence-electron chi connectivity index (χ0n) is 20.4. The van der Waals surface area contributed by atoms with Crippen molar-refractivity contribution in [1.29, 1.82) is 0 Å². The molecule has 5 rings (SSSR count). The maximum atomic E-state index is 13.5. The number of carbonyl (C=O) groups excluding carboxylic acids is 1. The number of anilines is 2. The van der Waals surface area contributed by atoms with E-state index in [-0.39, 0.29) is 18.7 Å². The third-order valence-electron chi connectivity index (χ3n) is 5.68. The van der Waals surface area contributed by atoms with Gasteiger partial charge < -0.3 is 10.6 Å². The van der Waals surface area contributed by atoms with Gasteiger partial charge in [-0.05, 0) is 47.5 Å². The van der Waals surface area contributed by atoms with Crippen LogP contribution in [0.3, 0.4) is 0 Å². The highest BCUT2D eigenvalue weighted by Gasteiger charge is 2.13. The SMILES string of the molecule is O=C(NCC=Cc1ccc2nc(Nc3ccccn3)ncc2c1)c1cncn(Cc2ccc(F)c(F)c2)c1=O. The molecule has 0 spiro atoms. The Morgan fingerprint density at radius 3 is 2.72 bits per heavy atom. The molecule has 9 nitrogen and oxygen atoms in total. The molecule has 11 heteroatoms. The Kier molecular flexibility index (Phi) is 7.39. The van der Waals surface area contributed by atoms with E-state index in [9.17, 15) is 18.4 Å². The summed E-state index contributed by atoms with van der Waals surface area (Å²) in [5, 5.41) is 6.55. The minimum atomic E-state index is -1.02. The van der Waals surface area contributed by atoms with E-state index in [2.05, 4.69) is 30.6 Å². The summed E-state index contributed by atoms with van der Waals surface area (Å²) in [6.07, 6.45) is 9.36. The van der Waals surface area contributed by atoms with E-state index in [1.807, 2.05) is 42.5 Å². The first kappa shape index (κ1) is 25.3. The maximum Gasteiger partial charge on any atom is 0.266 e. The summed E-state index contributed by atoms with van der Waals surface area (Å²) < 4.78 is 27.8. The molecule has 0 aliphatic rings. The maximum absolute atomic E-state index is 13.5. The number of hydrogen-bond donors (Lipinski definition) is 2. The van der Waals surface area contributed by atoms with E-state index in [0.717, 1.165) is 33.2 Å². The normalized spacial score (nSPS) is 11.1. The number of nitrogens with zero attached hydrogens (tertiary/aromatic N) is 5. The first-order chi connectivity index (χ1) is 19.0. The Hall–Kier alpha value is -5.32. The summed E-state index contributed by atoms with van der Waals surface area (Å²) in [4.78, 5) is 42.3. The van der Waals surface area contributed by atoms with Gasteiger partial charge in [0.15, 0.2) is 11.6 Å². The van der Waals surface area contributed by atoms with Crippen LogP contribution in [0.1, 0.15) is 21.5 Å². The number of carbonyl (C=O) groups is 1. The van der Waals surface area contributed by atoms with Gasteiger partial charge in [0, 0.05) is 30.5 Å². The minimum Gasteiger partial charge on any atom is -0.348 e. The molecular weight excluding hydrogens is 504 g/mol. The third kappa shape index (κ3) is 6.16. The van der Waals surface area contributed by atoms with Gasteiger partial charge in [0.25, 0.3) is 11.5 Å². The summed E-state index contributed by atoms with van der Waals surface area (Å²) in [6.45, 7) is 0.105. The van der Waals surface area contributed by atoms with E-state index >= 15 is 0 Å². The molecule has 5 aromatic rings. The lowest BCUT2D eigenvalue weighted by atomic mass is 10.1. The quantitative estimate of drug-likeness (QED) is 0.314. The van der Waals surface area contributed by atoms with Crippen LogP contribution in [0.15, 0.2) is 90.4 Å². The highest BCUT2D eigenvalue weighted by Crippen LogP contribution is 2.17. The molecular formula is C28H21F2N7O2. The molecule has 0 unspecified atom stereocenters. The van der Waals surface area contributed by atoms with E-state index in [4.69, 9.17) is 0 Å². The second-order valence-electron chi connectivity index (χ2n) is 8.45. The zero-order valence-corrected chi connectivity index (χ0v) is 20.4. The molecule has 0 radical (unpaired) electrons. The molecule has 1 amide bonds. The average molecular weight is 526 g/mol. The predicted molar refractivity (Wildman–Crippen MR) is 142 cm³/mol. The molecule has 3 aromatic heterocycles. The number of hydrogen-bond acceptors (Lipinski definition) is 7. The first-order valence-electron chi connectivity index (χ1n) is 11.8. The smallest absolute Gasteiger partial charge is 0.266 e. The number of fused-ring (bicyclic) bond motifs is 1. The molecule has 0 aliphatic heterocycles. The van der Waals surface area contributed by atoms with E-state index < -0.39 is 23.1 Å². The van der Waals surface area contributed by atoms with Gasteiger partial charge in [-0.25, -0.2) is 28.7 Å². The highest BCUT2D eigenvalue weighted by molar-refractivity contribution is 5.93. The van der Waals surface area contributed by atoms with Crippen LogP contribution >= 0.6 is 0 Å². The van der Waals surface area contributed by atoms with Crippen molar-refractivity contribution in [1.82, 2.24) is 29.8 Å². The second-order valence-corrected chi connectivity index (χ2v) is 8.45. The Labute approximate surface area is 220 Å². The largest absolute Gasteiger partial charge is 0.348 e.